The summed E-state index contributed by atoms with van der Waals surface area (Å²) in [6.07, 6.45) is 0. The summed E-state index contributed by atoms with van der Waals surface area (Å²) in [5.41, 5.74) is 3.82. The molecular formula is C20H20N2O2S. The second-order valence-corrected chi connectivity index (χ2v) is 6.90. The van der Waals surface area contributed by atoms with Crippen LogP contribution in [0.15, 0.2) is 53.9 Å². The zero-order valence-electron chi connectivity index (χ0n) is 14.3. The highest BCUT2D eigenvalue weighted by Gasteiger charge is 2.06. The number of amides is 1. The van der Waals surface area contributed by atoms with E-state index in [2.05, 4.69) is 10.3 Å². The lowest BCUT2D eigenvalue weighted by Gasteiger charge is -2.08. The lowest BCUT2D eigenvalue weighted by atomic mass is 10.1. The predicted molar refractivity (Wildman–Crippen MR) is 100.0 cm³/mol. The van der Waals surface area contributed by atoms with E-state index in [1.54, 1.807) is 35.6 Å². The van der Waals surface area contributed by atoms with Gasteiger partial charge in [-0.2, -0.15) is 0 Å². The largest absolute Gasteiger partial charge is 0.487 e. The number of hydrogen-bond donors (Lipinski definition) is 1. The third kappa shape index (κ3) is 4.90. The average Bonchev–Trinajstić information content (AvgIpc) is 3.05. The summed E-state index contributed by atoms with van der Waals surface area (Å²) >= 11 is 1.61. The van der Waals surface area contributed by atoms with Gasteiger partial charge in [-0.1, -0.05) is 29.8 Å². The van der Waals surface area contributed by atoms with Crippen molar-refractivity contribution in [2.45, 2.75) is 27.0 Å². The lowest BCUT2D eigenvalue weighted by molar-refractivity contribution is 0.0951. The zero-order chi connectivity index (χ0) is 17.6. The summed E-state index contributed by atoms with van der Waals surface area (Å²) in [7, 11) is 0. The maximum Gasteiger partial charge on any atom is 0.251 e. The van der Waals surface area contributed by atoms with Crippen LogP contribution < -0.4 is 10.1 Å². The van der Waals surface area contributed by atoms with Crippen molar-refractivity contribution in [2.75, 3.05) is 0 Å². The van der Waals surface area contributed by atoms with Crippen molar-refractivity contribution in [3.8, 4) is 5.75 Å². The van der Waals surface area contributed by atoms with Crippen LogP contribution in [0.5, 0.6) is 5.75 Å². The molecule has 0 radical (unpaired) electrons. The maximum atomic E-state index is 12.2. The van der Waals surface area contributed by atoms with E-state index in [1.807, 2.05) is 43.5 Å². The summed E-state index contributed by atoms with van der Waals surface area (Å²) in [5.74, 6) is 0.628. The van der Waals surface area contributed by atoms with Crippen LogP contribution in [-0.2, 0) is 13.2 Å². The molecule has 0 saturated carbocycles. The van der Waals surface area contributed by atoms with E-state index in [0.717, 1.165) is 22.0 Å². The molecule has 0 aliphatic carbocycles. The van der Waals surface area contributed by atoms with Crippen LogP contribution in [0.2, 0.25) is 0 Å². The first-order valence-corrected chi connectivity index (χ1v) is 8.96. The number of rotatable bonds is 6. The Morgan fingerprint density at radius 3 is 2.44 bits per heavy atom. The number of aromatic nitrogens is 1. The number of aryl methyl sites for hydroxylation is 2. The van der Waals surface area contributed by atoms with Crippen LogP contribution in [0, 0.1) is 13.8 Å². The summed E-state index contributed by atoms with van der Waals surface area (Å²) in [5, 5.41) is 5.94. The van der Waals surface area contributed by atoms with Gasteiger partial charge in [-0.05, 0) is 43.7 Å². The van der Waals surface area contributed by atoms with Gasteiger partial charge >= 0.3 is 0 Å². The number of nitrogens with one attached hydrogen (secondary N) is 1. The molecule has 128 valence electrons. The minimum atomic E-state index is -0.0951. The van der Waals surface area contributed by atoms with E-state index < -0.39 is 0 Å². The van der Waals surface area contributed by atoms with Crippen molar-refractivity contribution >= 4 is 17.2 Å². The third-order valence-electron chi connectivity index (χ3n) is 3.74. The normalized spacial score (nSPS) is 10.5. The smallest absolute Gasteiger partial charge is 0.251 e. The fourth-order valence-electron chi connectivity index (χ4n) is 2.32. The van der Waals surface area contributed by atoms with Crippen LogP contribution in [0.25, 0.3) is 0 Å². The highest BCUT2D eigenvalue weighted by molar-refractivity contribution is 7.09. The van der Waals surface area contributed by atoms with E-state index in [9.17, 15) is 4.79 Å². The molecule has 0 fully saturated rings. The SMILES string of the molecule is Cc1ccc(CNC(=O)c2ccc(OCc3csc(C)n3)cc2)cc1. The van der Waals surface area contributed by atoms with Gasteiger partial charge in [0, 0.05) is 17.5 Å². The Hall–Kier alpha value is -2.66. The van der Waals surface area contributed by atoms with Gasteiger partial charge in [0.1, 0.15) is 12.4 Å². The van der Waals surface area contributed by atoms with E-state index in [0.29, 0.717) is 18.7 Å². The predicted octanol–water partition coefficient (Wildman–Crippen LogP) is 4.27. The molecule has 1 amide bonds. The third-order valence-corrected chi connectivity index (χ3v) is 4.57. The molecule has 25 heavy (non-hydrogen) atoms. The number of thiazole rings is 1. The van der Waals surface area contributed by atoms with Gasteiger partial charge in [0.25, 0.3) is 5.91 Å². The molecule has 0 bridgehead atoms. The molecule has 0 saturated heterocycles. The van der Waals surface area contributed by atoms with E-state index in [-0.39, 0.29) is 5.91 Å². The zero-order valence-corrected chi connectivity index (χ0v) is 15.1. The Morgan fingerprint density at radius 1 is 1.08 bits per heavy atom. The van der Waals surface area contributed by atoms with E-state index in [4.69, 9.17) is 4.74 Å². The fraction of sp³-hybridized carbons (Fsp3) is 0.200. The Kier molecular flexibility index (Phi) is 5.46. The van der Waals surface area contributed by atoms with Crippen molar-refractivity contribution in [1.82, 2.24) is 10.3 Å². The number of ether oxygens (including phenoxy) is 1. The number of nitrogens with zero attached hydrogens (tertiary/aromatic N) is 1. The van der Waals surface area contributed by atoms with Crippen LogP contribution in [0.3, 0.4) is 0 Å². The van der Waals surface area contributed by atoms with Crippen LogP contribution in [0.4, 0.5) is 0 Å². The van der Waals surface area contributed by atoms with Gasteiger partial charge in [0.05, 0.1) is 10.7 Å². The molecule has 4 nitrogen and oxygen atoms in total. The van der Waals surface area contributed by atoms with Crippen molar-refractivity contribution in [3.05, 3.63) is 81.3 Å². The first-order valence-electron chi connectivity index (χ1n) is 8.08. The van der Waals surface area contributed by atoms with Crippen molar-refractivity contribution in [3.63, 3.8) is 0 Å². The van der Waals surface area contributed by atoms with Crippen LogP contribution in [0.1, 0.15) is 32.2 Å². The minimum absolute atomic E-state index is 0.0951. The highest BCUT2D eigenvalue weighted by Crippen LogP contribution is 2.15. The molecule has 0 aliphatic rings. The summed E-state index contributed by atoms with van der Waals surface area (Å²) in [4.78, 5) is 16.6. The topological polar surface area (TPSA) is 51.2 Å². The molecule has 0 spiro atoms. The molecule has 0 aliphatic heterocycles. The molecule has 3 aromatic rings. The number of hydrogen-bond acceptors (Lipinski definition) is 4. The Bertz CT molecular complexity index is 839. The van der Waals surface area contributed by atoms with Crippen molar-refractivity contribution in [1.29, 1.82) is 0 Å². The monoisotopic (exact) mass is 352 g/mol. The van der Waals surface area contributed by atoms with Gasteiger partial charge < -0.3 is 10.1 Å². The Morgan fingerprint density at radius 2 is 1.80 bits per heavy atom. The van der Waals surface area contributed by atoms with Crippen LogP contribution in [-0.4, -0.2) is 10.9 Å². The molecule has 0 unspecified atom stereocenters. The average molecular weight is 352 g/mol. The molecule has 1 N–H and O–H groups in total. The Balaban J connectivity index is 1.52. The molecule has 5 heteroatoms. The minimum Gasteiger partial charge on any atom is -0.487 e. The molecule has 2 aromatic carbocycles. The molecular weight excluding hydrogens is 332 g/mol. The standard InChI is InChI=1S/C20H20N2O2S/c1-14-3-5-16(6-4-14)11-21-20(23)17-7-9-19(10-8-17)24-12-18-13-25-15(2)22-18/h3-10,13H,11-12H2,1-2H3,(H,21,23). The van der Waals surface area contributed by atoms with Crippen LogP contribution >= 0.6 is 11.3 Å². The van der Waals surface area contributed by atoms with E-state index >= 15 is 0 Å². The lowest BCUT2D eigenvalue weighted by Crippen LogP contribution is -2.22. The quantitative estimate of drug-likeness (QED) is 0.721. The number of benzene rings is 2. The van der Waals surface area contributed by atoms with Gasteiger partial charge in [-0.3, -0.25) is 4.79 Å². The molecule has 0 atom stereocenters. The highest BCUT2D eigenvalue weighted by atomic mass is 32.1. The van der Waals surface area contributed by atoms with Gasteiger partial charge in [-0.25, -0.2) is 4.98 Å². The summed E-state index contributed by atoms with van der Waals surface area (Å²) < 4.78 is 5.69. The summed E-state index contributed by atoms with van der Waals surface area (Å²) in [6, 6.07) is 15.3. The van der Waals surface area contributed by atoms with E-state index in [1.165, 1.54) is 5.56 Å². The Labute approximate surface area is 151 Å². The molecule has 3 rings (SSSR count). The van der Waals surface area contributed by atoms with Gasteiger partial charge in [0.2, 0.25) is 0 Å². The number of carbonyl (C=O) groups is 1. The second kappa shape index (κ2) is 7.94. The summed E-state index contributed by atoms with van der Waals surface area (Å²) in [6.45, 7) is 4.96. The molecule has 1 heterocycles. The van der Waals surface area contributed by atoms with Gasteiger partial charge in [0.15, 0.2) is 0 Å². The maximum absolute atomic E-state index is 12.2. The first kappa shape index (κ1) is 17.2. The van der Waals surface area contributed by atoms with Crippen molar-refractivity contribution < 1.29 is 9.53 Å². The first-order chi connectivity index (χ1) is 12.1. The number of carbonyl (C=O) groups excluding carboxylic acids is 1. The van der Waals surface area contributed by atoms with Gasteiger partial charge in [-0.15, -0.1) is 11.3 Å². The second-order valence-electron chi connectivity index (χ2n) is 5.84. The fourth-order valence-corrected chi connectivity index (χ4v) is 2.92. The molecule has 1 aromatic heterocycles. The van der Waals surface area contributed by atoms with Crippen molar-refractivity contribution in [2.24, 2.45) is 0 Å².